The molecule has 4 rings (SSSR count). The maximum atomic E-state index is 4.63. The Morgan fingerprint density at radius 3 is 3.00 bits per heavy atom. The molecule has 4 aromatic rings. The van der Waals surface area contributed by atoms with E-state index in [1.54, 1.807) is 22.8 Å². The highest BCUT2D eigenvalue weighted by Gasteiger charge is 2.09. The summed E-state index contributed by atoms with van der Waals surface area (Å²) in [5, 5.41) is 6.15. The van der Waals surface area contributed by atoms with Gasteiger partial charge in [-0.05, 0) is 18.6 Å². The number of nitrogens with zero attached hydrogens (tertiary/aromatic N) is 6. The smallest absolute Gasteiger partial charge is 0.162 e. The molecule has 0 aliphatic rings. The molecule has 4 heterocycles. The maximum Gasteiger partial charge on any atom is 0.162 e. The van der Waals surface area contributed by atoms with Crippen molar-refractivity contribution >= 4 is 28.4 Å². The van der Waals surface area contributed by atoms with Gasteiger partial charge in [-0.2, -0.15) is 5.10 Å². The lowest BCUT2D eigenvalue weighted by molar-refractivity contribution is 0.784. The molecule has 0 spiro atoms. The SMILES string of the molecule is Cc1ccc2nc(CSc3ncnc4c3cnn4C)cn2c1. The van der Waals surface area contributed by atoms with E-state index in [1.165, 1.54) is 5.56 Å². The van der Waals surface area contributed by atoms with Crippen molar-refractivity contribution in [3.05, 3.63) is 48.3 Å². The standard InChI is InChI=1S/C15H14N6S/c1-10-3-4-13-19-11(7-21(13)6-10)8-22-15-12-5-18-20(2)14(12)16-9-17-15/h3-7,9H,8H2,1-2H3. The molecule has 0 atom stereocenters. The topological polar surface area (TPSA) is 60.9 Å². The molecule has 4 aromatic heterocycles. The van der Waals surface area contributed by atoms with Crippen LogP contribution in [-0.2, 0) is 12.8 Å². The monoisotopic (exact) mass is 310 g/mol. The van der Waals surface area contributed by atoms with Gasteiger partial charge in [0.1, 0.15) is 17.0 Å². The number of thioether (sulfide) groups is 1. The molecule has 0 aliphatic heterocycles. The van der Waals surface area contributed by atoms with Gasteiger partial charge in [-0.3, -0.25) is 4.68 Å². The molecule has 0 N–H and O–H groups in total. The largest absolute Gasteiger partial charge is 0.307 e. The van der Waals surface area contributed by atoms with E-state index < -0.39 is 0 Å². The lowest BCUT2D eigenvalue weighted by Crippen LogP contribution is -1.93. The highest BCUT2D eigenvalue weighted by Crippen LogP contribution is 2.26. The zero-order chi connectivity index (χ0) is 15.1. The predicted octanol–water partition coefficient (Wildman–Crippen LogP) is 2.61. The third-order valence-electron chi connectivity index (χ3n) is 3.50. The minimum absolute atomic E-state index is 0.766. The molecule has 110 valence electrons. The summed E-state index contributed by atoms with van der Waals surface area (Å²) in [4.78, 5) is 13.3. The van der Waals surface area contributed by atoms with Crippen LogP contribution < -0.4 is 0 Å². The molecule has 6 nitrogen and oxygen atoms in total. The van der Waals surface area contributed by atoms with Crippen LogP contribution in [0.5, 0.6) is 0 Å². The van der Waals surface area contributed by atoms with Crippen LogP contribution in [0.1, 0.15) is 11.3 Å². The van der Waals surface area contributed by atoms with E-state index in [0.717, 1.165) is 33.2 Å². The number of hydrogen-bond acceptors (Lipinski definition) is 5. The van der Waals surface area contributed by atoms with Gasteiger partial charge in [0.05, 0.1) is 17.3 Å². The Bertz CT molecular complexity index is 971. The average Bonchev–Trinajstić information content (AvgIpc) is 3.09. The van der Waals surface area contributed by atoms with Crippen molar-refractivity contribution < 1.29 is 0 Å². The van der Waals surface area contributed by atoms with Gasteiger partial charge >= 0.3 is 0 Å². The van der Waals surface area contributed by atoms with Crippen LogP contribution in [0.3, 0.4) is 0 Å². The fourth-order valence-electron chi connectivity index (χ4n) is 2.42. The summed E-state index contributed by atoms with van der Waals surface area (Å²) in [6.45, 7) is 2.08. The zero-order valence-electron chi connectivity index (χ0n) is 12.3. The molecule has 0 saturated heterocycles. The lowest BCUT2D eigenvalue weighted by atomic mass is 10.3. The minimum Gasteiger partial charge on any atom is -0.307 e. The number of aryl methyl sites for hydroxylation is 2. The van der Waals surface area contributed by atoms with E-state index in [-0.39, 0.29) is 0 Å². The number of rotatable bonds is 3. The molecule has 0 unspecified atom stereocenters. The van der Waals surface area contributed by atoms with E-state index in [1.807, 2.05) is 19.3 Å². The van der Waals surface area contributed by atoms with Crippen LogP contribution in [0.15, 0.2) is 42.1 Å². The van der Waals surface area contributed by atoms with Crippen molar-refractivity contribution in [1.29, 1.82) is 0 Å². The molecule has 0 fully saturated rings. The van der Waals surface area contributed by atoms with Gasteiger partial charge in [-0.25, -0.2) is 15.0 Å². The normalized spacial score (nSPS) is 11.5. The molecule has 0 bridgehead atoms. The number of hydrogen-bond donors (Lipinski definition) is 0. The Balaban J connectivity index is 1.62. The van der Waals surface area contributed by atoms with Gasteiger partial charge in [0.25, 0.3) is 0 Å². The number of imidazole rings is 1. The average molecular weight is 310 g/mol. The Hall–Kier alpha value is -2.41. The van der Waals surface area contributed by atoms with Gasteiger partial charge in [0.2, 0.25) is 0 Å². The third-order valence-corrected chi connectivity index (χ3v) is 4.54. The van der Waals surface area contributed by atoms with Crippen LogP contribution in [0.25, 0.3) is 16.7 Å². The molecular weight excluding hydrogens is 296 g/mol. The predicted molar refractivity (Wildman–Crippen MR) is 85.8 cm³/mol. The van der Waals surface area contributed by atoms with Crippen LogP contribution >= 0.6 is 11.8 Å². The molecule has 0 aliphatic carbocycles. The molecular formula is C15H14N6S. The highest BCUT2D eigenvalue weighted by atomic mass is 32.2. The van der Waals surface area contributed by atoms with E-state index in [0.29, 0.717) is 0 Å². The Morgan fingerprint density at radius 2 is 2.09 bits per heavy atom. The van der Waals surface area contributed by atoms with Gasteiger partial charge in [0.15, 0.2) is 5.65 Å². The number of aromatic nitrogens is 6. The van der Waals surface area contributed by atoms with Crippen LogP contribution in [0.2, 0.25) is 0 Å². The first-order valence-corrected chi connectivity index (χ1v) is 7.89. The van der Waals surface area contributed by atoms with Gasteiger partial charge in [-0.15, -0.1) is 0 Å². The number of pyridine rings is 1. The van der Waals surface area contributed by atoms with Crippen LogP contribution in [0.4, 0.5) is 0 Å². The van der Waals surface area contributed by atoms with E-state index in [4.69, 9.17) is 0 Å². The Labute approximate surface area is 131 Å². The van der Waals surface area contributed by atoms with Gasteiger partial charge in [-0.1, -0.05) is 17.8 Å². The summed E-state index contributed by atoms with van der Waals surface area (Å²) >= 11 is 1.66. The first-order valence-electron chi connectivity index (χ1n) is 6.90. The van der Waals surface area contributed by atoms with Gasteiger partial charge < -0.3 is 4.40 Å². The van der Waals surface area contributed by atoms with Crippen molar-refractivity contribution in [1.82, 2.24) is 29.1 Å². The van der Waals surface area contributed by atoms with Crippen molar-refractivity contribution in [2.45, 2.75) is 17.7 Å². The third kappa shape index (κ3) is 2.23. The van der Waals surface area contributed by atoms with Crippen LogP contribution in [-0.4, -0.2) is 29.1 Å². The second kappa shape index (κ2) is 5.10. The minimum atomic E-state index is 0.766. The number of fused-ring (bicyclic) bond motifs is 2. The summed E-state index contributed by atoms with van der Waals surface area (Å²) in [5.41, 5.74) is 4.07. The maximum absolute atomic E-state index is 4.63. The summed E-state index contributed by atoms with van der Waals surface area (Å²) in [7, 11) is 1.88. The molecule has 0 amide bonds. The van der Waals surface area contributed by atoms with E-state index >= 15 is 0 Å². The highest BCUT2D eigenvalue weighted by molar-refractivity contribution is 7.98. The van der Waals surface area contributed by atoms with E-state index in [2.05, 4.69) is 49.8 Å². The molecule has 0 aromatic carbocycles. The van der Waals surface area contributed by atoms with Gasteiger partial charge in [0, 0.05) is 25.2 Å². The second-order valence-corrected chi connectivity index (χ2v) is 6.14. The first kappa shape index (κ1) is 13.3. The van der Waals surface area contributed by atoms with Crippen molar-refractivity contribution in [2.75, 3.05) is 0 Å². The van der Waals surface area contributed by atoms with Crippen molar-refractivity contribution in [3.8, 4) is 0 Å². The molecule has 0 saturated carbocycles. The fraction of sp³-hybridized carbons (Fsp3) is 0.200. The Morgan fingerprint density at radius 1 is 1.18 bits per heavy atom. The summed E-state index contributed by atoms with van der Waals surface area (Å²) in [5.74, 6) is 0.766. The van der Waals surface area contributed by atoms with Crippen molar-refractivity contribution in [2.24, 2.45) is 7.05 Å². The molecule has 0 radical (unpaired) electrons. The summed E-state index contributed by atoms with van der Waals surface area (Å²) in [6, 6.07) is 4.11. The molecule has 7 heteroatoms. The zero-order valence-corrected chi connectivity index (χ0v) is 13.1. The second-order valence-electron chi connectivity index (χ2n) is 5.18. The fourth-order valence-corrected chi connectivity index (χ4v) is 3.27. The van der Waals surface area contributed by atoms with Crippen molar-refractivity contribution in [3.63, 3.8) is 0 Å². The lowest BCUT2D eigenvalue weighted by Gasteiger charge is -2.00. The van der Waals surface area contributed by atoms with E-state index in [9.17, 15) is 0 Å². The first-order chi connectivity index (χ1) is 10.7. The summed E-state index contributed by atoms with van der Waals surface area (Å²) in [6.07, 6.45) is 7.54. The quantitative estimate of drug-likeness (QED) is 0.430. The van der Waals surface area contributed by atoms with Crippen LogP contribution in [0, 0.1) is 6.92 Å². The molecule has 22 heavy (non-hydrogen) atoms. The Kier molecular flexibility index (Phi) is 3.07. The summed E-state index contributed by atoms with van der Waals surface area (Å²) < 4.78 is 3.82.